The van der Waals surface area contributed by atoms with Crippen LogP contribution in [0.2, 0.25) is 0 Å². The van der Waals surface area contributed by atoms with Crippen molar-refractivity contribution in [3.8, 4) is 6.07 Å². The number of hydrogen-bond acceptors (Lipinski definition) is 2. The monoisotopic (exact) mass is 131 g/mol. The first-order valence-electron chi connectivity index (χ1n) is 2.44. The molecule has 0 amide bonds. The second kappa shape index (κ2) is 5.03. The van der Waals surface area contributed by atoms with Gasteiger partial charge in [0.2, 0.25) is 0 Å². The minimum Gasteiger partial charge on any atom is -0.359 e. The van der Waals surface area contributed by atoms with Gasteiger partial charge in [0.15, 0.2) is 0 Å². The highest BCUT2D eigenvalue weighted by molar-refractivity contribution is 7.50. The summed E-state index contributed by atoms with van der Waals surface area (Å²) in [6.45, 7) is 4.63. The molecule has 0 aliphatic rings. The van der Waals surface area contributed by atoms with Crippen LogP contribution in [0.25, 0.3) is 0 Å². The van der Waals surface area contributed by atoms with Crippen LogP contribution in [0.5, 0.6) is 0 Å². The Balaban J connectivity index is 2.85. The van der Waals surface area contributed by atoms with Crippen molar-refractivity contribution >= 4 is 8.15 Å². The summed E-state index contributed by atoms with van der Waals surface area (Å²) in [4.78, 5) is 0. The largest absolute Gasteiger partial charge is 0.359 e. The Kier molecular flexibility index (Phi) is 4.95. The van der Waals surface area contributed by atoms with Gasteiger partial charge < -0.3 is 4.52 Å². The number of nitrogens with zero attached hydrogens (tertiary/aromatic N) is 1. The van der Waals surface area contributed by atoms with E-state index in [9.17, 15) is 0 Å². The van der Waals surface area contributed by atoms with Crippen molar-refractivity contribution in [1.82, 2.24) is 0 Å². The summed E-state index contributed by atoms with van der Waals surface area (Å²) in [6.07, 6.45) is 0.514. The van der Waals surface area contributed by atoms with Crippen LogP contribution in [0.4, 0.5) is 0 Å². The molecular weight excluding hydrogens is 121 g/mol. The van der Waals surface area contributed by atoms with Gasteiger partial charge in [-0.25, -0.2) is 0 Å². The van der Waals surface area contributed by atoms with Crippen LogP contribution in [0, 0.1) is 11.3 Å². The van der Waals surface area contributed by atoms with Gasteiger partial charge in [-0.3, -0.25) is 0 Å². The molecule has 0 N–H and O–H groups in total. The van der Waals surface area contributed by atoms with Crippen LogP contribution in [-0.4, -0.2) is 19.9 Å². The van der Waals surface area contributed by atoms with Gasteiger partial charge >= 0.3 is 0 Å². The summed E-state index contributed by atoms with van der Waals surface area (Å²) in [6, 6.07) is 2.01. The Labute approximate surface area is 51.3 Å². The van der Waals surface area contributed by atoms with E-state index in [0.29, 0.717) is 13.0 Å². The van der Waals surface area contributed by atoms with Crippen molar-refractivity contribution in [2.75, 3.05) is 19.9 Å². The van der Waals surface area contributed by atoms with Crippen molar-refractivity contribution in [3.05, 3.63) is 0 Å². The first-order valence-corrected chi connectivity index (χ1v) is 4.60. The van der Waals surface area contributed by atoms with Gasteiger partial charge in [-0.1, -0.05) is 0 Å². The standard InChI is InChI=1S/C5H10NOP/c1-8(2)7-5-3-4-6/h3,5H2,1-2H3. The van der Waals surface area contributed by atoms with Crippen molar-refractivity contribution in [2.24, 2.45) is 0 Å². The van der Waals surface area contributed by atoms with Crippen LogP contribution < -0.4 is 0 Å². The van der Waals surface area contributed by atoms with Crippen LogP contribution in [0.15, 0.2) is 0 Å². The molecule has 0 aromatic carbocycles. The van der Waals surface area contributed by atoms with E-state index in [-0.39, 0.29) is 8.15 Å². The average molecular weight is 131 g/mol. The molecule has 0 atom stereocenters. The molecule has 8 heavy (non-hydrogen) atoms. The van der Waals surface area contributed by atoms with Gasteiger partial charge in [0, 0.05) is 8.15 Å². The Bertz CT molecular complexity index is 86.9. The zero-order chi connectivity index (χ0) is 6.41. The van der Waals surface area contributed by atoms with E-state index in [1.807, 2.05) is 19.4 Å². The maximum absolute atomic E-state index is 8.06. The zero-order valence-corrected chi connectivity index (χ0v) is 6.11. The summed E-state index contributed by atoms with van der Waals surface area (Å²) in [5.74, 6) is 0. The van der Waals surface area contributed by atoms with Crippen LogP contribution in [0.3, 0.4) is 0 Å². The fourth-order valence-corrected chi connectivity index (χ4v) is 0.730. The van der Waals surface area contributed by atoms with E-state index in [4.69, 9.17) is 9.79 Å². The molecule has 0 heterocycles. The van der Waals surface area contributed by atoms with Crippen molar-refractivity contribution in [3.63, 3.8) is 0 Å². The highest BCUT2D eigenvalue weighted by Gasteiger charge is 1.89. The van der Waals surface area contributed by atoms with E-state index in [0.717, 1.165) is 0 Å². The Morgan fingerprint density at radius 2 is 2.25 bits per heavy atom. The summed E-state index contributed by atoms with van der Waals surface area (Å²) in [5, 5.41) is 8.06. The van der Waals surface area contributed by atoms with Crippen molar-refractivity contribution in [2.45, 2.75) is 6.42 Å². The van der Waals surface area contributed by atoms with Crippen LogP contribution >= 0.6 is 8.15 Å². The maximum atomic E-state index is 8.06. The Morgan fingerprint density at radius 1 is 1.62 bits per heavy atom. The number of rotatable bonds is 3. The third kappa shape index (κ3) is 5.88. The Morgan fingerprint density at radius 3 is 2.62 bits per heavy atom. The van der Waals surface area contributed by atoms with Gasteiger partial charge in [0.05, 0.1) is 19.1 Å². The van der Waals surface area contributed by atoms with Gasteiger partial charge in [-0.2, -0.15) is 5.26 Å². The lowest BCUT2D eigenvalue weighted by Gasteiger charge is -2.02. The van der Waals surface area contributed by atoms with Gasteiger partial charge in [0.1, 0.15) is 0 Å². The minimum atomic E-state index is -0.263. The van der Waals surface area contributed by atoms with E-state index in [2.05, 4.69) is 0 Å². The molecule has 0 unspecified atom stereocenters. The van der Waals surface area contributed by atoms with Crippen molar-refractivity contribution < 1.29 is 4.52 Å². The summed E-state index contributed by atoms with van der Waals surface area (Å²) in [5.41, 5.74) is 0. The van der Waals surface area contributed by atoms with Crippen LogP contribution in [-0.2, 0) is 4.52 Å². The molecule has 0 spiro atoms. The molecule has 0 aromatic heterocycles. The molecule has 0 saturated heterocycles. The highest BCUT2D eigenvalue weighted by Crippen LogP contribution is 2.25. The molecule has 0 aliphatic heterocycles. The summed E-state index contributed by atoms with van der Waals surface area (Å²) < 4.78 is 5.12. The van der Waals surface area contributed by atoms with Gasteiger partial charge in [-0.15, -0.1) is 0 Å². The molecule has 0 rings (SSSR count). The third-order valence-corrected chi connectivity index (χ3v) is 1.26. The number of hydrogen-bond donors (Lipinski definition) is 0. The fourth-order valence-electron chi connectivity index (χ4n) is 0.274. The van der Waals surface area contributed by atoms with Crippen LogP contribution in [0.1, 0.15) is 6.42 Å². The molecular formula is C5H10NOP. The predicted molar refractivity (Wildman–Crippen MR) is 34.9 cm³/mol. The first kappa shape index (κ1) is 7.88. The first-order chi connectivity index (χ1) is 3.77. The third-order valence-electron chi connectivity index (χ3n) is 0.563. The van der Waals surface area contributed by atoms with Crippen molar-refractivity contribution in [1.29, 1.82) is 5.26 Å². The van der Waals surface area contributed by atoms with E-state index in [1.54, 1.807) is 0 Å². The molecule has 2 nitrogen and oxygen atoms in total. The maximum Gasteiger partial charge on any atom is 0.0646 e. The van der Waals surface area contributed by atoms with Gasteiger partial charge in [0.25, 0.3) is 0 Å². The van der Waals surface area contributed by atoms with E-state index in [1.165, 1.54) is 0 Å². The van der Waals surface area contributed by atoms with E-state index >= 15 is 0 Å². The topological polar surface area (TPSA) is 33.0 Å². The second-order valence-corrected chi connectivity index (χ2v) is 3.44. The molecule has 0 bridgehead atoms. The van der Waals surface area contributed by atoms with E-state index < -0.39 is 0 Å². The molecule has 0 radical (unpaired) electrons. The zero-order valence-electron chi connectivity index (χ0n) is 5.22. The average Bonchev–Trinajstić information content (AvgIpc) is 1.66. The lowest BCUT2D eigenvalue weighted by Crippen LogP contribution is -1.84. The Hall–Kier alpha value is -0.120. The lowest BCUT2D eigenvalue weighted by molar-refractivity contribution is 0.367. The molecule has 0 saturated carbocycles. The molecule has 0 aliphatic carbocycles. The normalized spacial score (nSPS) is 9.25. The SMILES string of the molecule is CP(C)OCCC#N. The number of nitriles is 1. The highest BCUT2D eigenvalue weighted by atomic mass is 31.1. The molecule has 3 heteroatoms. The summed E-state index contributed by atoms with van der Waals surface area (Å²) >= 11 is 0. The molecule has 46 valence electrons. The smallest absolute Gasteiger partial charge is 0.0646 e. The predicted octanol–water partition coefficient (Wildman–Crippen LogP) is 1.57. The lowest BCUT2D eigenvalue weighted by atomic mass is 10.5. The second-order valence-electron chi connectivity index (χ2n) is 1.55. The quantitative estimate of drug-likeness (QED) is 0.430. The molecule has 0 aromatic rings. The summed E-state index contributed by atoms with van der Waals surface area (Å²) in [7, 11) is -0.263. The molecule has 0 fully saturated rings. The van der Waals surface area contributed by atoms with Gasteiger partial charge in [-0.05, 0) is 13.3 Å². The minimum absolute atomic E-state index is 0.263. The fraction of sp³-hybridized carbons (Fsp3) is 0.800.